The van der Waals surface area contributed by atoms with Crippen LogP contribution in [0.25, 0.3) is 0 Å². The molecule has 3 nitrogen and oxygen atoms in total. The molecule has 2 aromatic heterocycles. The Hall–Kier alpha value is -1.13. The summed E-state index contributed by atoms with van der Waals surface area (Å²) in [6, 6.07) is 2.54. The quantitative estimate of drug-likeness (QED) is 0.836. The summed E-state index contributed by atoms with van der Waals surface area (Å²) in [6.07, 6.45) is 4.60. The molecule has 1 unspecified atom stereocenters. The minimum absolute atomic E-state index is 0.371. The molecular weight excluding hydrogens is 218 g/mol. The van der Waals surface area contributed by atoms with Crippen molar-refractivity contribution in [2.24, 2.45) is 0 Å². The largest absolute Gasteiger partial charge is 0.349 e. The molecule has 0 aliphatic rings. The third-order valence-corrected chi connectivity index (χ3v) is 3.75. The minimum atomic E-state index is 0.371. The van der Waals surface area contributed by atoms with E-state index in [9.17, 15) is 0 Å². The molecule has 2 heterocycles. The van der Waals surface area contributed by atoms with Gasteiger partial charge in [-0.2, -0.15) is 0 Å². The zero-order valence-electron chi connectivity index (χ0n) is 9.66. The second-order valence-corrected chi connectivity index (χ2v) is 4.77. The van der Waals surface area contributed by atoms with Crippen molar-refractivity contribution in [1.82, 2.24) is 15.3 Å². The lowest BCUT2D eigenvalue weighted by Crippen LogP contribution is -2.23. The number of aromatic nitrogens is 2. The fourth-order valence-corrected chi connectivity index (χ4v) is 2.85. The molecule has 1 atom stereocenters. The lowest BCUT2D eigenvalue weighted by molar-refractivity contribution is 0.545. The van der Waals surface area contributed by atoms with Crippen LogP contribution in [0.3, 0.4) is 0 Å². The van der Waals surface area contributed by atoms with Crippen LogP contribution in [0.2, 0.25) is 0 Å². The summed E-state index contributed by atoms with van der Waals surface area (Å²) in [5, 5.41) is 5.66. The van der Waals surface area contributed by atoms with Gasteiger partial charge in [0.25, 0.3) is 0 Å². The molecule has 2 rings (SSSR count). The Morgan fingerprint density at radius 2 is 2.44 bits per heavy atom. The van der Waals surface area contributed by atoms with Gasteiger partial charge in [-0.3, -0.25) is 0 Å². The van der Waals surface area contributed by atoms with Crippen LogP contribution in [0.5, 0.6) is 0 Å². The predicted molar refractivity (Wildman–Crippen MR) is 67.8 cm³/mol. The third kappa shape index (κ3) is 2.51. The Balaban J connectivity index is 2.14. The average molecular weight is 235 g/mol. The maximum Gasteiger partial charge on any atom is 0.107 e. The van der Waals surface area contributed by atoms with Crippen LogP contribution >= 0.6 is 11.3 Å². The molecule has 0 fully saturated rings. The van der Waals surface area contributed by atoms with Gasteiger partial charge in [-0.15, -0.1) is 11.3 Å². The van der Waals surface area contributed by atoms with Crippen molar-refractivity contribution in [3.63, 3.8) is 0 Å². The molecular formula is C12H17N3S. The summed E-state index contributed by atoms with van der Waals surface area (Å²) in [7, 11) is 0. The molecule has 0 spiro atoms. The lowest BCUT2D eigenvalue weighted by Gasteiger charge is -2.16. The van der Waals surface area contributed by atoms with E-state index in [0.717, 1.165) is 18.8 Å². The number of likely N-dealkylation sites (N-methyl/N-ethyl adjacent to an activating group) is 1. The van der Waals surface area contributed by atoms with Gasteiger partial charge in [0.15, 0.2) is 0 Å². The zero-order chi connectivity index (χ0) is 11.4. The molecule has 16 heavy (non-hydrogen) atoms. The van der Waals surface area contributed by atoms with E-state index < -0.39 is 0 Å². The first-order valence-corrected chi connectivity index (χ1v) is 6.45. The lowest BCUT2D eigenvalue weighted by atomic mass is 10.1. The Bertz CT molecular complexity index is 419. The Morgan fingerprint density at radius 1 is 1.56 bits per heavy atom. The Kier molecular flexibility index (Phi) is 3.74. The molecule has 0 aromatic carbocycles. The predicted octanol–water partition coefficient (Wildman–Crippen LogP) is 2.67. The van der Waals surface area contributed by atoms with E-state index in [1.807, 2.05) is 17.5 Å². The number of thiophene rings is 1. The fourth-order valence-electron chi connectivity index (χ4n) is 1.85. The van der Waals surface area contributed by atoms with Crippen LogP contribution in [0.15, 0.2) is 23.8 Å². The van der Waals surface area contributed by atoms with E-state index in [0.29, 0.717) is 6.04 Å². The molecule has 0 bridgehead atoms. The highest BCUT2D eigenvalue weighted by atomic mass is 32.1. The standard InChI is InChI=1S/C12H17N3S/c1-3-13-10(8-11-14-5-6-15-11)12-9(2)4-7-16-12/h4-7,10,13H,3,8H2,1-2H3,(H,14,15). The molecule has 0 aliphatic heterocycles. The topological polar surface area (TPSA) is 40.7 Å². The molecule has 2 aromatic rings. The van der Waals surface area contributed by atoms with E-state index in [-0.39, 0.29) is 0 Å². The Labute approximate surface area is 99.9 Å². The van der Waals surface area contributed by atoms with Gasteiger partial charge >= 0.3 is 0 Å². The van der Waals surface area contributed by atoms with Crippen molar-refractivity contribution in [1.29, 1.82) is 0 Å². The summed E-state index contributed by atoms with van der Waals surface area (Å²) in [4.78, 5) is 8.86. The van der Waals surface area contributed by atoms with Crippen molar-refractivity contribution in [3.8, 4) is 0 Å². The number of nitrogens with one attached hydrogen (secondary N) is 2. The van der Waals surface area contributed by atoms with Gasteiger partial charge in [0, 0.05) is 29.7 Å². The van der Waals surface area contributed by atoms with E-state index in [1.165, 1.54) is 10.4 Å². The highest BCUT2D eigenvalue weighted by Crippen LogP contribution is 2.25. The molecule has 86 valence electrons. The number of aryl methyl sites for hydroxylation is 1. The zero-order valence-corrected chi connectivity index (χ0v) is 10.5. The van der Waals surface area contributed by atoms with E-state index in [4.69, 9.17) is 0 Å². The smallest absolute Gasteiger partial charge is 0.107 e. The van der Waals surface area contributed by atoms with Crippen molar-refractivity contribution < 1.29 is 0 Å². The fraction of sp³-hybridized carbons (Fsp3) is 0.417. The minimum Gasteiger partial charge on any atom is -0.349 e. The molecule has 0 saturated heterocycles. The van der Waals surface area contributed by atoms with Crippen molar-refractivity contribution in [2.75, 3.05) is 6.54 Å². The first-order valence-electron chi connectivity index (χ1n) is 5.57. The van der Waals surface area contributed by atoms with Gasteiger partial charge in [-0.05, 0) is 30.5 Å². The van der Waals surface area contributed by atoms with Crippen LogP contribution in [0.1, 0.15) is 29.2 Å². The van der Waals surface area contributed by atoms with Crippen LogP contribution in [0, 0.1) is 6.92 Å². The Morgan fingerprint density at radius 3 is 3.00 bits per heavy atom. The number of aromatic amines is 1. The number of rotatable bonds is 5. The van der Waals surface area contributed by atoms with E-state index in [1.54, 1.807) is 6.20 Å². The summed E-state index contributed by atoms with van der Waals surface area (Å²) >= 11 is 1.82. The summed E-state index contributed by atoms with van der Waals surface area (Å²) in [5.41, 5.74) is 1.36. The van der Waals surface area contributed by atoms with Gasteiger partial charge < -0.3 is 10.3 Å². The van der Waals surface area contributed by atoms with Gasteiger partial charge in [-0.25, -0.2) is 4.98 Å². The molecule has 0 saturated carbocycles. The third-order valence-electron chi connectivity index (χ3n) is 2.62. The highest BCUT2D eigenvalue weighted by Gasteiger charge is 2.15. The second-order valence-electron chi connectivity index (χ2n) is 3.82. The number of H-pyrrole nitrogens is 1. The molecule has 4 heteroatoms. The maximum atomic E-state index is 4.29. The van der Waals surface area contributed by atoms with Crippen LogP contribution in [-0.4, -0.2) is 16.5 Å². The first-order chi connectivity index (χ1) is 7.81. The molecule has 0 radical (unpaired) electrons. The summed E-state index contributed by atoms with van der Waals surface area (Å²) in [5.74, 6) is 1.04. The second kappa shape index (κ2) is 5.27. The summed E-state index contributed by atoms with van der Waals surface area (Å²) < 4.78 is 0. The number of nitrogens with zero attached hydrogens (tertiary/aromatic N) is 1. The number of hydrogen-bond donors (Lipinski definition) is 2. The van der Waals surface area contributed by atoms with Crippen molar-refractivity contribution >= 4 is 11.3 Å². The van der Waals surface area contributed by atoms with Crippen LogP contribution < -0.4 is 5.32 Å². The number of hydrogen-bond acceptors (Lipinski definition) is 3. The van der Waals surface area contributed by atoms with Gasteiger partial charge in [0.1, 0.15) is 5.82 Å². The summed E-state index contributed by atoms with van der Waals surface area (Å²) in [6.45, 7) is 5.28. The first kappa shape index (κ1) is 11.4. The van der Waals surface area contributed by atoms with Crippen LogP contribution in [0.4, 0.5) is 0 Å². The average Bonchev–Trinajstić information content (AvgIpc) is 2.88. The molecule has 0 amide bonds. The maximum absolute atomic E-state index is 4.29. The normalized spacial score (nSPS) is 12.9. The SMILES string of the molecule is CCNC(Cc1ncc[nH]1)c1sccc1C. The molecule has 2 N–H and O–H groups in total. The van der Waals surface area contributed by atoms with Gasteiger partial charge in [-0.1, -0.05) is 6.92 Å². The number of imidazole rings is 1. The monoisotopic (exact) mass is 235 g/mol. The van der Waals surface area contributed by atoms with Gasteiger partial charge in [0.05, 0.1) is 0 Å². The van der Waals surface area contributed by atoms with Crippen molar-refractivity contribution in [3.05, 3.63) is 40.1 Å². The van der Waals surface area contributed by atoms with Gasteiger partial charge in [0.2, 0.25) is 0 Å². The van der Waals surface area contributed by atoms with E-state index >= 15 is 0 Å². The molecule has 0 aliphatic carbocycles. The highest BCUT2D eigenvalue weighted by molar-refractivity contribution is 7.10. The van der Waals surface area contributed by atoms with Crippen LogP contribution in [-0.2, 0) is 6.42 Å². The van der Waals surface area contributed by atoms with Crippen molar-refractivity contribution in [2.45, 2.75) is 26.3 Å². The van der Waals surface area contributed by atoms with E-state index in [2.05, 4.69) is 40.6 Å².